The van der Waals surface area contributed by atoms with E-state index < -0.39 is 0 Å². The minimum Gasteiger partial charge on any atom is -0.334 e. The van der Waals surface area contributed by atoms with Gasteiger partial charge in [-0.3, -0.25) is 4.79 Å². The molecule has 9 heteroatoms. The average Bonchev–Trinajstić information content (AvgIpc) is 3.35. The van der Waals surface area contributed by atoms with Crippen LogP contribution in [-0.2, 0) is 4.79 Å². The maximum atomic E-state index is 12.4. The number of carbonyl (C=O) groups excluding carboxylic acids is 1. The van der Waals surface area contributed by atoms with E-state index in [9.17, 15) is 4.79 Å². The van der Waals surface area contributed by atoms with E-state index in [0.29, 0.717) is 11.1 Å². The van der Waals surface area contributed by atoms with Gasteiger partial charge in [0.05, 0.1) is 5.75 Å². The maximum Gasteiger partial charge on any atom is 0.264 e. The summed E-state index contributed by atoms with van der Waals surface area (Å²) in [5.74, 6) is 6.41. The first-order valence-corrected chi connectivity index (χ1v) is 10.1. The molecule has 0 bridgehead atoms. The van der Waals surface area contributed by atoms with Gasteiger partial charge in [-0.25, -0.2) is 10.1 Å². The fourth-order valence-corrected chi connectivity index (χ4v) is 3.78. The number of anilines is 2. The third kappa shape index (κ3) is 4.09. The molecule has 1 heterocycles. The first-order chi connectivity index (χ1) is 13.7. The highest BCUT2D eigenvalue weighted by Gasteiger charge is 2.14. The van der Waals surface area contributed by atoms with E-state index in [4.69, 9.17) is 5.84 Å². The van der Waals surface area contributed by atoms with Gasteiger partial charge in [0.1, 0.15) is 0 Å². The Morgan fingerprint density at radius 3 is 2.79 bits per heavy atom. The van der Waals surface area contributed by atoms with E-state index in [-0.39, 0.29) is 11.7 Å². The molecule has 0 radical (unpaired) electrons. The van der Waals surface area contributed by atoms with Crippen LogP contribution in [0.25, 0.3) is 10.8 Å². The van der Waals surface area contributed by atoms with Crippen LogP contribution in [0.15, 0.2) is 52.7 Å². The molecule has 28 heavy (non-hydrogen) atoms. The van der Waals surface area contributed by atoms with Crippen molar-refractivity contribution in [3.63, 3.8) is 0 Å². The minimum atomic E-state index is -0.134. The summed E-state index contributed by atoms with van der Waals surface area (Å²) < 4.78 is 1.31. The van der Waals surface area contributed by atoms with Crippen LogP contribution in [0.4, 0.5) is 11.6 Å². The summed E-state index contributed by atoms with van der Waals surface area (Å²) in [4.78, 5) is 12.4. The third-order valence-electron chi connectivity index (χ3n) is 4.56. The molecule has 8 nitrogen and oxygen atoms in total. The Hall–Kier alpha value is -3.07. The number of hydrogen-bond donors (Lipinski definition) is 3. The minimum absolute atomic E-state index is 0.134. The van der Waals surface area contributed by atoms with Crippen molar-refractivity contribution in [1.29, 1.82) is 0 Å². The quantitative estimate of drug-likeness (QED) is 0.336. The molecule has 3 aromatic rings. The van der Waals surface area contributed by atoms with Gasteiger partial charge in [0, 0.05) is 16.8 Å². The van der Waals surface area contributed by atoms with Gasteiger partial charge in [0.2, 0.25) is 11.1 Å². The molecule has 1 aromatic heterocycles. The number of benzene rings is 2. The van der Waals surface area contributed by atoms with Crippen LogP contribution in [-0.4, -0.2) is 32.2 Å². The number of hydrazone groups is 1. The summed E-state index contributed by atoms with van der Waals surface area (Å²) in [7, 11) is 0. The molecule has 1 aliphatic rings. The van der Waals surface area contributed by atoms with Crippen molar-refractivity contribution < 1.29 is 4.79 Å². The predicted molar refractivity (Wildman–Crippen MR) is 113 cm³/mol. The Morgan fingerprint density at radius 2 is 1.93 bits per heavy atom. The molecule has 1 amide bonds. The lowest BCUT2D eigenvalue weighted by Crippen LogP contribution is -2.17. The van der Waals surface area contributed by atoms with Crippen LogP contribution in [0.1, 0.15) is 25.7 Å². The molecule has 2 aromatic carbocycles. The number of aromatic nitrogens is 3. The topological polar surface area (TPSA) is 110 Å². The fourth-order valence-electron chi connectivity index (χ4n) is 3.13. The number of nitrogens with two attached hydrogens (primary N) is 1. The van der Waals surface area contributed by atoms with Crippen molar-refractivity contribution in [2.45, 2.75) is 30.8 Å². The monoisotopic (exact) mass is 395 g/mol. The lowest BCUT2D eigenvalue weighted by Gasteiger charge is -2.08. The number of nitrogens with zero attached hydrogens (tertiary/aromatic N) is 4. The summed E-state index contributed by atoms with van der Waals surface area (Å²) in [6.07, 6.45) is 4.34. The lowest BCUT2D eigenvalue weighted by atomic mass is 10.1. The summed E-state index contributed by atoms with van der Waals surface area (Å²) in [5, 5.41) is 17.8. The second-order valence-electron chi connectivity index (χ2n) is 6.54. The van der Waals surface area contributed by atoms with E-state index in [1.165, 1.54) is 29.3 Å². The number of carbonyl (C=O) groups is 1. The maximum absolute atomic E-state index is 12.4. The molecular weight excluding hydrogens is 374 g/mol. The number of nitrogen functional groups attached to an aromatic ring is 1. The molecule has 1 aliphatic carbocycles. The average molecular weight is 395 g/mol. The number of hydrogen-bond acceptors (Lipinski definition) is 7. The van der Waals surface area contributed by atoms with Crippen LogP contribution < -0.4 is 16.6 Å². The van der Waals surface area contributed by atoms with Crippen LogP contribution in [0.5, 0.6) is 0 Å². The van der Waals surface area contributed by atoms with E-state index in [2.05, 4.69) is 26.0 Å². The van der Waals surface area contributed by atoms with Crippen molar-refractivity contribution in [3.05, 3.63) is 42.5 Å². The highest BCUT2D eigenvalue weighted by molar-refractivity contribution is 7.99. The molecule has 0 unspecified atom stereocenters. The predicted octanol–water partition coefficient (Wildman–Crippen LogP) is 3.22. The molecule has 1 fully saturated rings. The molecule has 1 saturated carbocycles. The first-order valence-electron chi connectivity index (χ1n) is 9.13. The van der Waals surface area contributed by atoms with Gasteiger partial charge in [-0.05, 0) is 37.1 Å². The zero-order valence-corrected chi connectivity index (χ0v) is 16.1. The van der Waals surface area contributed by atoms with Gasteiger partial charge < -0.3 is 11.2 Å². The van der Waals surface area contributed by atoms with E-state index in [1.54, 1.807) is 0 Å². The van der Waals surface area contributed by atoms with Gasteiger partial charge in [0.25, 0.3) is 5.95 Å². The van der Waals surface area contributed by atoms with E-state index in [0.717, 1.165) is 35.0 Å². The summed E-state index contributed by atoms with van der Waals surface area (Å²) in [6.45, 7) is 0. The number of fused-ring (bicyclic) bond motifs is 1. The molecular formula is C19H21N7OS. The largest absolute Gasteiger partial charge is 0.334 e. The van der Waals surface area contributed by atoms with Crippen molar-refractivity contribution >= 4 is 45.8 Å². The normalized spacial score (nSPS) is 13.6. The van der Waals surface area contributed by atoms with Gasteiger partial charge in [-0.1, -0.05) is 48.2 Å². The lowest BCUT2D eigenvalue weighted by molar-refractivity contribution is -0.113. The van der Waals surface area contributed by atoms with Crippen molar-refractivity contribution in [2.24, 2.45) is 5.10 Å². The number of thioether (sulfide) groups is 1. The number of rotatable bonds is 6. The first kappa shape index (κ1) is 18.3. The van der Waals surface area contributed by atoms with Gasteiger partial charge in [0.15, 0.2) is 0 Å². The Bertz CT molecular complexity index is 1020. The molecule has 0 atom stereocenters. The van der Waals surface area contributed by atoms with Crippen molar-refractivity contribution in [1.82, 2.24) is 14.9 Å². The standard InChI is InChI=1S/C19H21N7OS/c20-26-18(23-22-14-8-2-3-9-14)24-25-19(26)28-12-17(27)21-16-11-5-7-13-6-1-4-10-15(13)16/h1,4-7,10-11H,2-3,8-9,12,20H2,(H,21,27)(H,23,24). The highest BCUT2D eigenvalue weighted by Crippen LogP contribution is 2.24. The second kappa shape index (κ2) is 8.30. The summed E-state index contributed by atoms with van der Waals surface area (Å²) in [6, 6.07) is 13.7. The zero-order chi connectivity index (χ0) is 19.3. The Labute approximate surface area is 166 Å². The Balaban J connectivity index is 1.36. The van der Waals surface area contributed by atoms with Crippen LogP contribution in [0, 0.1) is 0 Å². The van der Waals surface area contributed by atoms with Crippen molar-refractivity contribution in [3.8, 4) is 0 Å². The highest BCUT2D eigenvalue weighted by atomic mass is 32.2. The zero-order valence-electron chi connectivity index (χ0n) is 15.3. The van der Waals surface area contributed by atoms with E-state index in [1.807, 2.05) is 42.5 Å². The van der Waals surface area contributed by atoms with Gasteiger partial charge in [-0.15, -0.1) is 10.2 Å². The van der Waals surface area contributed by atoms with Gasteiger partial charge >= 0.3 is 0 Å². The van der Waals surface area contributed by atoms with Gasteiger partial charge in [-0.2, -0.15) is 5.10 Å². The van der Waals surface area contributed by atoms with Crippen LogP contribution in [0.3, 0.4) is 0 Å². The van der Waals surface area contributed by atoms with Crippen molar-refractivity contribution in [2.75, 3.05) is 22.3 Å². The Kier molecular flexibility index (Phi) is 5.43. The van der Waals surface area contributed by atoms with Crippen LogP contribution >= 0.6 is 11.8 Å². The summed E-state index contributed by atoms with van der Waals surface area (Å²) in [5.41, 5.74) is 4.76. The second-order valence-corrected chi connectivity index (χ2v) is 7.48. The smallest absolute Gasteiger partial charge is 0.264 e. The fraction of sp³-hybridized carbons (Fsp3) is 0.263. The summed E-state index contributed by atoms with van der Waals surface area (Å²) >= 11 is 1.22. The number of amides is 1. The molecule has 144 valence electrons. The van der Waals surface area contributed by atoms with Crippen LogP contribution in [0.2, 0.25) is 0 Å². The molecule has 0 saturated heterocycles. The molecule has 0 aliphatic heterocycles. The molecule has 4 N–H and O–H groups in total. The molecule has 0 spiro atoms. The van der Waals surface area contributed by atoms with E-state index >= 15 is 0 Å². The Morgan fingerprint density at radius 1 is 1.14 bits per heavy atom. The number of nitrogens with one attached hydrogen (secondary N) is 2. The SMILES string of the molecule is Nn1c(NN=C2CCCC2)nnc1SCC(=O)Nc1cccc2ccccc12. The third-order valence-corrected chi connectivity index (χ3v) is 5.50. The molecule has 4 rings (SSSR count).